The fourth-order valence-electron chi connectivity index (χ4n) is 1.68. The number of nitrogens with zero attached hydrogens (tertiary/aromatic N) is 1. The number of rotatable bonds is 2. The summed E-state index contributed by atoms with van der Waals surface area (Å²) in [6.45, 7) is 0. The smallest absolute Gasteiger partial charge is 0.290 e. The summed E-state index contributed by atoms with van der Waals surface area (Å²) in [6.07, 6.45) is 1.78. The van der Waals surface area contributed by atoms with Gasteiger partial charge in [-0.15, -0.1) is 22.7 Å². The first kappa shape index (κ1) is 12.7. The average molecular weight is 310 g/mol. The van der Waals surface area contributed by atoms with E-state index in [0.717, 1.165) is 16.6 Å². The quantitative estimate of drug-likeness (QED) is 0.864. The lowest BCUT2D eigenvalue weighted by molar-refractivity contribution is -0.115. The van der Waals surface area contributed by atoms with Crippen LogP contribution in [0.25, 0.3) is 15.5 Å². The van der Waals surface area contributed by atoms with Crippen LogP contribution in [-0.4, -0.2) is 25.2 Å². The number of hydrogen-bond acceptors (Lipinski definition) is 6. The SMILES string of the molecule is CN(C)c1cc2sc(/C=C3\SC(=O)NC3=O)cc2s1. The summed E-state index contributed by atoms with van der Waals surface area (Å²) in [5, 5.41) is 3.17. The Hall–Kier alpha value is -1.31. The molecule has 0 unspecified atom stereocenters. The molecule has 0 radical (unpaired) electrons. The van der Waals surface area contributed by atoms with Crippen LogP contribution in [0.15, 0.2) is 17.0 Å². The second-order valence-corrected chi connectivity index (χ2v) is 7.40. The van der Waals surface area contributed by atoms with Gasteiger partial charge < -0.3 is 4.90 Å². The molecule has 1 N–H and O–H groups in total. The number of hydrogen-bond donors (Lipinski definition) is 1. The second-order valence-electron chi connectivity index (χ2n) is 4.21. The van der Waals surface area contributed by atoms with Crippen LogP contribution in [-0.2, 0) is 4.79 Å². The van der Waals surface area contributed by atoms with Gasteiger partial charge in [0.1, 0.15) is 0 Å². The lowest BCUT2D eigenvalue weighted by Gasteiger charge is -2.06. The van der Waals surface area contributed by atoms with E-state index in [4.69, 9.17) is 0 Å². The van der Waals surface area contributed by atoms with Crippen LogP contribution in [0.4, 0.5) is 9.80 Å². The van der Waals surface area contributed by atoms with Gasteiger partial charge in [0.15, 0.2) is 0 Å². The normalized spacial score (nSPS) is 17.5. The second kappa shape index (κ2) is 4.66. The molecule has 1 aliphatic rings. The molecule has 3 heterocycles. The van der Waals surface area contributed by atoms with E-state index >= 15 is 0 Å². The van der Waals surface area contributed by atoms with Gasteiger partial charge in [-0.1, -0.05) is 0 Å². The summed E-state index contributed by atoms with van der Waals surface area (Å²) in [6, 6.07) is 4.20. The number of thioether (sulfide) groups is 1. The highest BCUT2D eigenvalue weighted by molar-refractivity contribution is 8.18. The van der Waals surface area contributed by atoms with Crippen molar-refractivity contribution in [1.82, 2.24) is 5.32 Å². The summed E-state index contributed by atoms with van der Waals surface area (Å²) in [5.74, 6) is -0.305. The van der Waals surface area contributed by atoms with Crippen LogP contribution in [0.2, 0.25) is 0 Å². The van der Waals surface area contributed by atoms with E-state index in [0.29, 0.717) is 4.91 Å². The zero-order valence-corrected chi connectivity index (χ0v) is 12.7. The number of nitrogens with one attached hydrogen (secondary N) is 1. The zero-order valence-electron chi connectivity index (χ0n) is 10.2. The van der Waals surface area contributed by atoms with Gasteiger partial charge in [-0.2, -0.15) is 0 Å². The van der Waals surface area contributed by atoms with E-state index in [1.54, 1.807) is 28.7 Å². The molecule has 1 aliphatic heterocycles. The molecule has 4 nitrogen and oxygen atoms in total. The molecule has 0 saturated carbocycles. The van der Waals surface area contributed by atoms with Crippen LogP contribution in [0, 0.1) is 0 Å². The molecule has 2 amide bonds. The Morgan fingerprint density at radius 3 is 2.47 bits per heavy atom. The maximum Gasteiger partial charge on any atom is 0.290 e. The monoisotopic (exact) mass is 310 g/mol. The van der Waals surface area contributed by atoms with E-state index in [9.17, 15) is 9.59 Å². The highest BCUT2D eigenvalue weighted by atomic mass is 32.2. The van der Waals surface area contributed by atoms with Gasteiger partial charge >= 0.3 is 0 Å². The first-order valence-electron chi connectivity index (χ1n) is 5.48. The van der Waals surface area contributed by atoms with Crippen LogP contribution >= 0.6 is 34.4 Å². The van der Waals surface area contributed by atoms with Crippen molar-refractivity contribution in [3.63, 3.8) is 0 Å². The van der Waals surface area contributed by atoms with Crippen LogP contribution in [0.1, 0.15) is 4.88 Å². The van der Waals surface area contributed by atoms with Gasteiger partial charge in [0.2, 0.25) is 0 Å². The van der Waals surface area contributed by atoms with Gasteiger partial charge in [0.25, 0.3) is 11.1 Å². The lowest BCUT2D eigenvalue weighted by Crippen LogP contribution is -2.17. The summed E-state index contributed by atoms with van der Waals surface area (Å²) < 4.78 is 2.41. The number of carbonyl (C=O) groups is 2. The lowest BCUT2D eigenvalue weighted by atomic mass is 10.4. The van der Waals surface area contributed by atoms with Crippen molar-refractivity contribution in [2.45, 2.75) is 0 Å². The number of carbonyl (C=O) groups excluding carboxylic acids is 2. The van der Waals surface area contributed by atoms with E-state index in [2.05, 4.69) is 22.3 Å². The third kappa shape index (κ3) is 2.41. The number of imide groups is 1. The molecule has 1 fully saturated rings. The molecule has 0 aliphatic carbocycles. The van der Waals surface area contributed by atoms with Gasteiger partial charge in [0.05, 0.1) is 9.91 Å². The van der Waals surface area contributed by atoms with E-state index in [1.807, 2.05) is 14.1 Å². The Labute approximate surface area is 122 Å². The summed E-state index contributed by atoms with van der Waals surface area (Å²) in [7, 11) is 4.03. The van der Waals surface area contributed by atoms with Crippen LogP contribution in [0.5, 0.6) is 0 Å². The van der Waals surface area contributed by atoms with Crippen molar-refractivity contribution in [3.8, 4) is 0 Å². The fourth-order valence-corrected chi connectivity index (χ4v) is 4.70. The van der Waals surface area contributed by atoms with Gasteiger partial charge in [-0.3, -0.25) is 14.9 Å². The highest BCUT2D eigenvalue weighted by Crippen LogP contribution is 2.38. The fraction of sp³-hybridized carbons (Fsp3) is 0.167. The molecule has 98 valence electrons. The molecule has 3 rings (SSSR count). The summed E-state index contributed by atoms with van der Waals surface area (Å²) in [5.41, 5.74) is 0. The first-order chi connectivity index (χ1) is 9.02. The first-order valence-corrected chi connectivity index (χ1v) is 7.93. The molecule has 2 aromatic heterocycles. The standard InChI is InChI=1S/C12H10N2O2S3/c1-14(2)10-5-8-7(18-10)3-6(17-8)4-9-11(15)13-12(16)19-9/h3-5H,1-2H3,(H,13,15,16)/b9-4-. The Morgan fingerprint density at radius 2 is 1.89 bits per heavy atom. The Morgan fingerprint density at radius 1 is 1.16 bits per heavy atom. The minimum absolute atomic E-state index is 0.301. The van der Waals surface area contributed by atoms with Crippen molar-refractivity contribution < 1.29 is 9.59 Å². The van der Waals surface area contributed by atoms with Gasteiger partial charge in [-0.05, 0) is 30.0 Å². The van der Waals surface area contributed by atoms with Crippen LogP contribution in [0.3, 0.4) is 0 Å². The molecule has 0 aromatic carbocycles. The zero-order chi connectivity index (χ0) is 13.6. The third-order valence-corrected chi connectivity index (χ3v) is 5.79. The minimum Gasteiger partial charge on any atom is -0.370 e. The summed E-state index contributed by atoms with van der Waals surface area (Å²) >= 11 is 4.30. The Balaban J connectivity index is 1.94. The van der Waals surface area contributed by atoms with Gasteiger partial charge in [-0.25, -0.2) is 0 Å². The van der Waals surface area contributed by atoms with Crippen molar-refractivity contribution in [3.05, 3.63) is 21.9 Å². The van der Waals surface area contributed by atoms with Crippen LogP contribution < -0.4 is 10.2 Å². The number of anilines is 1. The third-order valence-electron chi connectivity index (χ3n) is 2.57. The molecule has 0 atom stereocenters. The Kier molecular flexibility index (Phi) is 3.12. The molecule has 7 heteroatoms. The average Bonchev–Trinajstić information content (AvgIpc) is 2.92. The van der Waals surface area contributed by atoms with Crippen molar-refractivity contribution in [2.75, 3.05) is 19.0 Å². The Bertz CT molecular complexity index is 680. The minimum atomic E-state index is -0.305. The molecular weight excluding hydrogens is 300 g/mol. The van der Waals surface area contributed by atoms with E-state index in [-0.39, 0.29) is 11.1 Å². The predicted octanol–water partition coefficient (Wildman–Crippen LogP) is 3.35. The number of thiophene rings is 2. The van der Waals surface area contributed by atoms with Crippen molar-refractivity contribution >= 4 is 66.1 Å². The van der Waals surface area contributed by atoms with Gasteiger partial charge in [0, 0.05) is 28.4 Å². The maximum absolute atomic E-state index is 11.5. The summed E-state index contributed by atoms with van der Waals surface area (Å²) in [4.78, 5) is 26.1. The maximum atomic E-state index is 11.5. The number of amides is 2. The molecular formula is C12H10N2O2S3. The van der Waals surface area contributed by atoms with Crippen molar-refractivity contribution in [2.24, 2.45) is 0 Å². The highest BCUT2D eigenvalue weighted by Gasteiger charge is 2.25. The molecule has 1 saturated heterocycles. The topological polar surface area (TPSA) is 49.4 Å². The molecule has 19 heavy (non-hydrogen) atoms. The largest absolute Gasteiger partial charge is 0.370 e. The van der Waals surface area contributed by atoms with E-state index < -0.39 is 0 Å². The molecule has 0 bridgehead atoms. The number of fused-ring (bicyclic) bond motifs is 1. The van der Waals surface area contributed by atoms with Crippen molar-refractivity contribution in [1.29, 1.82) is 0 Å². The predicted molar refractivity (Wildman–Crippen MR) is 83.1 cm³/mol. The molecule has 0 spiro atoms. The molecule has 2 aromatic rings. The van der Waals surface area contributed by atoms with E-state index in [1.165, 1.54) is 14.4 Å².